The van der Waals surface area contributed by atoms with Crippen LogP contribution in [0.4, 0.5) is 10.5 Å². The second kappa shape index (κ2) is 4.40. The van der Waals surface area contributed by atoms with Gasteiger partial charge in [-0.05, 0) is 18.2 Å². The number of carbonyl (C=O) groups is 2. The fraction of sp³-hybridized carbons (Fsp3) is 0.429. The lowest BCUT2D eigenvalue weighted by Crippen LogP contribution is -2.52. The molecule has 1 fully saturated rings. The smallest absolute Gasteiger partial charge is 0.407 e. The van der Waals surface area contributed by atoms with E-state index in [1.54, 1.807) is 18.2 Å². The van der Waals surface area contributed by atoms with Crippen LogP contribution in [-0.4, -0.2) is 40.6 Å². The van der Waals surface area contributed by atoms with Crippen molar-refractivity contribution in [1.29, 1.82) is 0 Å². The Hall–Kier alpha value is -2.24. The van der Waals surface area contributed by atoms with Gasteiger partial charge in [0.2, 0.25) is 0 Å². The van der Waals surface area contributed by atoms with Crippen LogP contribution in [0.5, 0.6) is 5.75 Å². The summed E-state index contributed by atoms with van der Waals surface area (Å²) >= 11 is 0. The molecule has 1 aromatic carbocycles. The molecule has 0 atom stereocenters. The van der Waals surface area contributed by atoms with Crippen molar-refractivity contribution < 1.29 is 19.4 Å². The van der Waals surface area contributed by atoms with Crippen molar-refractivity contribution in [1.82, 2.24) is 4.90 Å². The Morgan fingerprint density at radius 2 is 2.05 bits per heavy atom. The number of ether oxygens (including phenoxy) is 1. The Morgan fingerprint density at radius 1 is 1.35 bits per heavy atom. The minimum Gasteiger partial charge on any atom is -0.486 e. The van der Waals surface area contributed by atoms with E-state index in [1.807, 2.05) is 0 Å². The highest BCUT2D eigenvalue weighted by atomic mass is 16.5. The minimum atomic E-state index is -0.921. The first-order valence-corrected chi connectivity index (χ1v) is 6.59. The highest BCUT2D eigenvalue weighted by Gasteiger charge is 2.43. The van der Waals surface area contributed by atoms with Crippen molar-refractivity contribution in [3.8, 4) is 5.75 Å². The van der Waals surface area contributed by atoms with E-state index in [-0.39, 0.29) is 12.2 Å². The fourth-order valence-electron chi connectivity index (χ4n) is 2.90. The summed E-state index contributed by atoms with van der Waals surface area (Å²) in [6, 6.07) is 5.06. The van der Waals surface area contributed by atoms with Gasteiger partial charge in [-0.1, -0.05) is 0 Å². The van der Waals surface area contributed by atoms with E-state index in [9.17, 15) is 9.59 Å². The van der Waals surface area contributed by atoms with Gasteiger partial charge in [0.15, 0.2) is 5.78 Å². The number of ketones is 1. The van der Waals surface area contributed by atoms with E-state index in [4.69, 9.17) is 15.6 Å². The maximum absolute atomic E-state index is 12.3. The topological polar surface area (TPSA) is 92.9 Å². The first kappa shape index (κ1) is 12.8. The number of hydrogen-bond donors (Lipinski definition) is 2. The molecule has 0 unspecified atom stereocenters. The maximum Gasteiger partial charge on any atom is 0.407 e. The molecule has 106 valence electrons. The highest BCUT2D eigenvalue weighted by Crippen LogP contribution is 2.39. The van der Waals surface area contributed by atoms with Crippen LogP contribution < -0.4 is 10.5 Å². The second-order valence-corrected chi connectivity index (χ2v) is 5.41. The van der Waals surface area contributed by atoms with Crippen LogP contribution in [0.15, 0.2) is 18.2 Å². The zero-order chi connectivity index (χ0) is 14.3. The Balaban J connectivity index is 1.83. The molecule has 2 aliphatic heterocycles. The van der Waals surface area contributed by atoms with Gasteiger partial charge in [0.25, 0.3) is 0 Å². The maximum atomic E-state index is 12.3. The molecular formula is C14H16N2O4. The van der Waals surface area contributed by atoms with Gasteiger partial charge in [0.1, 0.15) is 11.4 Å². The molecule has 0 aromatic heterocycles. The first-order chi connectivity index (χ1) is 9.49. The third-order valence-electron chi connectivity index (χ3n) is 4.06. The van der Waals surface area contributed by atoms with Gasteiger partial charge in [0, 0.05) is 31.6 Å². The van der Waals surface area contributed by atoms with Crippen molar-refractivity contribution in [3.05, 3.63) is 23.8 Å². The summed E-state index contributed by atoms with van der Waals surface area (Å²) in [6.07, 6.45) is 0.441. The van der Waals surface area contributed by atoms with Gasteiger partial charge >= 0.3 is 6.09 Å². The number of carbonyl (C=O) groups excluding carboxylic acids is 1. The molecule has 6 nitrogen and oxygen atoms in total. The summed E-state index contributed by atoms with van der Waals surface area (Å²) in [5.41, 5.74) is 6.19. The SMILES string of the molecule is Nc1ccc2c(c1)C(=O)CC1(CCN(C(=O)O)CC1)O2. The fourth-order valence-corrected chi connectivity index (χ4v) is 2.90. The number of nitrogen functional groups attached to an aromatic ring is 1. The van der Waals surface area contributed by atoms with E-state index >= 15 is 0 Å². The van der Waals surface area contributed by atoms with Crippen LogP contribution in [0, 0.1) is 0 Å². The van der Waals surface area contributed by atoms with Crippen molar-refractivity contribution in [2.24, 2.45) is 0 Å². The van der Waals surface area contributed by atoms with Gasteiger partial charge in [0.05, 0.1) is 12.0 Å². The van der Waals surface area contributed by atoms with Crippen LogP contribution in [-0.2, 0) is 0 Å². The first-order valence-electron chi connectivity index (χ1n) is 6.59. The quantitative estimate of drug-likeness (QED) is 0.704. The summed E-state index contributed by atoms with van der Waals surface area (Å²) < 4.78 is 6.02. The van der Waals surface area contributed by atoms with Gasteiger partial charge in [-0.25, -0.2) is 4.79 Å². The summed E-state index contributed by atoms with van der Waals surface area (Å²) in [5, 5.41) is 8.97. The van der Waals surface area contributed by atoms with E-state index < -0.39 is 11.7 Å². The van der Waals surface area contributed by atoms with Crippen molar-refractivity contribution in [2.45, 2.75) is 24.9 Å². The van der Waals surface area contributed by atoms with Crippen LogP contribution in [0.1, 0.15) is 29.6 Å². The van der Waals surface area contributed by atoms with Crippen LogP contribution >= 0.6 is 0 Å². The number of nitrogens with two attached hydrogens (primary N) is 1. The number of anilines is 1. The number of carboxylic acid groups (broad SMARTS) is 1. The van der Waals surface area contributed by atoms with Gasteiger partial charge in [-0.3, -0.25) is 4.79 Å². The molecule has 20 heavy (non-hydrogen) atoms. The predicted octanol–water partition coefficient (Wildman–Crippen LogP) is 1.75. The lowest BCUT2D eigenvalue weighted by atomic mass is 9.82. The minimum absolute atomic E-state index is 0.0160. The zero-order valence-electron chi connectivity index (χ0n) is 11.0. The third-order valence-corrected chi connectivity index (χ3v) is 4.06. The standard InChI is InChI=1S/C14H16N2O4/c15-9-1-2-12-10(7-9)11(17)8-14(20-12)3-5-16(6-4-14)13(18)19/h1-2,7H,3-6,8,15H2,(H,18,19). The van der Waals surface area contributed by atoms with Gasteiger partial charge in [-0.2, -0.15) is 0 Å². The molecule has 1 saturated heterocycles. The molecule has 0 bridgehead atoms. The van der Waals surface area contributed by atoms with Crippen molar-refractivity contribution in [3.63, 3.8) is 0 Å². The Labute approximate surface area is 116 Å². The van der Waals surface area contributed by atoms with E-state index in [0.29, 0.717) is 42.9 Å². The van der Waals surface area contributed by atoms with Crippen LogP contribution in [0.3, 0.4) is 0 Å². The molecule has 6 heteroatoms. The lowest BCUT2D eigenvalue weighted by Gasteiger charge is -2.43. The average molecular weight is 276 g/mol. The second-order valence-electron chi connectivity index (χ2n) is 5.41. The number of benzene rings is 1. The van der Waals surface area contributed by atoms with Crippen molar-refractivity contribution >= 4 is 17.6 Å². The van der Waals surface area contributed by atoms with E-state index in [1.165, 1.54) is 4.90 Å². The molecule has 1 spiro atoms. The predicted molar refractivity (Wildman–Crippen MR) is 72.0 cm³/mol. The highest BCUT2D eigenvalue weighted by molar-refractivity contribution is 6.01. The molecule has 0 radical (unpaired) electrons. The number of hydrogen-bond acceptors (Lipinski definition) is 4. The van der Waals surface area contributed by atoms with E-state index in [0.717, 1.165) is 0 Å². The molecule has 2 heterocycles. The number of piperidine rings is 1. The third kappa shape index (κ3) is 2.07. The summed E-state index contributed by atoms with van der Waals surface area (Å²) in [6.45, 7) is 0.792. The number of fused-ring (bicyclic) bond motifs is 1. The molecule has 2 aliphatic rings. The normalized spacial score (nSPS) is 20.4. The van der Waals surface area contributed by atoms with Gasteiger partial charge < -0.3 is 20.5 Å². The van der Waals surface area contributed by atoms with Gasteiger partial charge in [-0.15, -0.1) is 0 Å². The number of likely N-dealkylation sites (tertiary alicyclic amines) is 1. The molecule has 1 aromatic rings. The largest absolute Gasteiger partial charge is 0.486 e. The lowest BCUT2D eigenvalue weighted by molar-refractivity contribution is -0.00518. The monoisotopic (exact) mass is 276 g/mol. The summed E-state index contributed by atoms with van der Waals surface area (Å²) in [4.78, 5) is 24.5. The Kier molecular flexibility index (Phi) is 2.81. The van der Waals surface area contributed by atoms with E-state index in [2.05, 4.69) is 0 Å². The molecule has 0 aliphatic carbocycles. The number of Topliss-reactive ketones (excluding diaryl/α,β-unsaturated/α-hetero) is 1. The number of amides is 1. The zero-order valence-corrected chi connectivity index (χ0v) is 11.0. The molecule has 0 saturated carbocycles. The number of rotatable bonds is 0. The average Bonchev–Trinajstić information content (AvgIpc) is 2.40. The Morgan fingerprint density at radius 3 is 2.70 bits per heavy atom. The molecule has 3 N–H and O–H groups in total. The Bertz CT molecular complexity index is 577. The van der Waals surface area contributed by atoms with Crippen LogP contribution in [0.25, 0.3) is 0 Å². The molecular weight excluding hydrogens is 260 g/mol. The number of nitrogens with zero attached hydrogens (tertiary/aromatic N) is 1. The molecule has 3 rings (SSSR count). The summed E-state index contributed by atoms with van der Waals surface area (Å²) in [5.74, 6) is 0.571. The van der Waals surface area contributed by atoms with Crippen LogP contribution in [0.2, 0.25) is 0 Å². The molecule has 1 amide bonds. The van der Waals surface area contributed by atoms with Crippen molar-refractivity contribution in [2.75, 3.05) is 18.8 Å². The summed E-state index contributed by atoms with van der Waals surface area (Å²) in [7, 11) is 0.